The molecule has 1 N–H and O–H groups in total. The van der Waals surface area contributed by atoms with Crippen LogP contribution in [-0.2, 0) is 10.1 Å². The van der Waals surface area contributed by atoms with Gasteiger partial charge in [0.25, 0.3) is 10.1 Å². The summed E-state index contributed by atoms with van der Waals surface area (Å²) in [6, 6.07) is 11.9. The standard InChI is InChI=1S/C14H14O4S/c1-10-4-3-5-11(8-10)13-9-12(19(15,16)17)6-7-14(13)18-2/h3-9H,1-2H3,(H,15,16,17). The molecule has 0 amide bonds. The summed E-state index contributed by atoms with van der Waals surface area (Å²) in [5, 5.41) is 0. The van der Waals surface area contributed by atoms with Gasteiger partial charge in [0.2, 0.25) is 0 Å². The molecule has 0 heterocycles. The second-order valence-corrected chi connectivity index (χ2v) is 5.63. The molecule has 0 radical (unpaired) electrons. The van der Waals surface area contributed by atoms with Crippen LogP contribution in [0, 0.1) is 6.92 Å². The summed E-state index contributed by atoms with van der Waals surface area (Å²) in [4.78, 5) is -0.148. The van der Waals surface area contributed by atoms with E-state index in [2.05, 4.69) is 0 Å². The number of rotatable bonds is 3. The maximum atomic E-state index is 11.2. The van der Waals surface area contributed by atoms with Crippen LogP contribution in [0.3, 0.4) is 0 Å². The normalized spacial score (nSPS) is 11.3. The number of hydrogen-bond acceptors (Lipinski definition) is 3. The van der Waals surface area contributed by atoms with Crippen molar-refractivity contribution in [3.8, 4) is 16.9 Å². The highest BCUT2D eigenvalue weighted by molar-refractivity contribution is 7.85. The first kappa shape index (κ1) is 13.6. The number of hydrogen-bond donors (Lipinski definition) is 1. The number of methoxy groups -OCH3 is 1. The molecule has 0 aliphatic heterocycles. The molecule has 19 heavy (non-hydrogen) atoms. The molecule has 100 valence electrons. The van der Waals surface area contributed by atoms with Crippen LogP contribution < -0.4 is 4.74 Å². The molecule has 0 bridgehead atoms. The maximum Gasteiger partial charge on any atom is 0.294 e. The highest BCUT2D eigenvalue weighted by atomic mass is 32.2. The Hall–Kier alpha value is -1.85. The molecule has 0 aliphatic rings. The predicted octanol–water partition coefficient (Wildman–Crippen LogP) is 2.92. The molecule has 0 unspecified atom stereocenters. The average molecular weight is 278 g/mol. The van der Waals surface area contributed by atoms with E-state index in [0.29, 0.717) is 11.3 Å². The van der Waals surface area contributed by atoms with Crippen molar-refractivity contribution >= 4 is 10.1 Å². The van der Waals surface area contributed by atoms with Gasteiger partial charge < -0.3 is 4.74 Å². The molecule has 4 nitrogen and oxygen atoms in total. The molecular weight excluding hydrogens is 264 g/mol. The van der Waals surface area contributed by atoms with E-state index in [1.807, 2.05) is 31.2 Å². The predicted molar refractivity (Wildman–Crippen MR) is 73.0 cm³/mol. The van der Waals surface area contributed by atoms with Gasteiger partial charge in [-0.25, -0.2) is 0 Å². The van der Waals surface area contributed by atoms with Crippen LogP contribution in [0.4, 0.5) is 0 Å². The summed E-state index contributed by atoms with van der Waals surface area (Å²) in [6.45, 7) is 1.95. The van der Waals surface area contributed by atoms with Gasteiger partial charge in [0.05, 0.1) is 12.0 Å². The Labute approximate surface area is 112 Å². The molecule has 0 aromatic heterocycles. The highest BCUT2D eigenvalue weighted by Gasteiger charge is 2.14. The lowest BCUT2D eigenvalue weighted by molar-refractivity contribution is 0.416. The second-order valence-electron chi connectivity index (χ2n) is 4.21. The van der Waals surface area contributed by atoms with Gasteiger partial charge in [-0.15, -0.1) is 0 Å². The molecule has 0 atom stereocenters. The van der Waals surface area contributed by atoms with Gasteiger partial charge in [-0.1, -0.05) is 29.8 Å². The molecule has 2 aromatic carbocycles. The minimum atomic E-state index is -4.22. The van der Waals surface area contributed by atoms with E-state index in [1.54, 1.807) is 0 Å². The maximum absolute atomic E-state index is 11.2. The molecule has 0 saturated heterocycles. The van der Waals surface area contributed by atoms with E-state index in [4.69, 9.17) is 9.29 Å². The lowest BCUT2D eigenvalue weighted by atomic mass is 10.0. The SMILES string of the molecule is COc1ccc(S(=O)(=O)O)cc1-c1cccc(C)c1. The summed E-state index contributed by atoms with van der Waals surface area (Å²) in [5.74, 6) is 0.554. The van der Waals surface area contributed by atoms with Crippen LogP contribution in [-0.4, -0.2) is 20.1 Å². The fourth-order valence-electron chi connectivity index (χ4n) is 1.89. The Morgan fingerprint density at radius 1 is 1.11 bits per heavy atom. The van der Waals surface area contributed by atoms with E-state index in [1.165, 1.54) is 25.3 Å². The van der Waals surface area contributed by atoms with Crippen molar-refractivity contribution in [2.45, 2.75) is 11.8 Å². The van der Waals surface area contributed by atoms with Crippen LogP contribution in [0.1, 0.15) is 5.56 Å². The van der Waals surface area contributed by atoms with Gasteiger partial charge in [-0.05, 0) is 30.7 Å². The minimum Gasteiger partial charge on any atom is -0.496 e. The van der Waals surface area contributed by atoms with E-state index < -0.39 is 10.1 Å². The second kappa shape index (κ2) is 5.03. The van der Waals surface area contributed by atoms with Gasteiger partial charge in [-0.2, -0.15) is 8.42 Å². The fraction of sp³-hybridized carbons (Fsp3) is 0.143. The zero-order valence-corrected chi connectivity index (χ0v) is 11.4. The van der Waals surface area contributed by atoms with Gasteiger partial charge in [0.1, 0.15) is 5.75 Å². The van der Waals surface area contributed by atoms with Gasteiger partial charge in [-0.3, -0.25) is 4.55 Å². The zero-order chi connectivity index (χ0) is 14.0. The quantitative estimate of drug-likeness (QED) is 0.877. The lowest BCUT2D eigenvalue weighted by Crippen LogP contribution is -1.99. The Morgan fingerprint density at radius 2 is 1.84 bits per heavy atom. The van der Waals surface area contributed by atoms with Crippen molar-refractivity contribution in [3.05, 3.63) is 48.0 Å². The highest BCUT2D eigenvalue weighted by Crippen LogP contribution is 2.32. The van der Waals surface area contributed by atoms with Gasteiger partial charge in [0, 0.05) is 5.56 Å². The molecule has 0 saturated carbocycles. The number of benzene rings is 2. The molecule has 2 aromatic rings. The molecule has 2 rings (SSSR count). The Kier molecular flexibility index (Phi) is 3.59. The average Bonchev–Trinajstić information content (AvgIpc) is 2.37. The lowest BCUT2D eigenvalue weighted by Gasteiger charge is -2.10. The summed E-state index contributed by atoms with van der Waals surface area (Å²) in [6.07, 6.45) is 0. The van der Waals surface area contributed by atoms with Crippen molar-refractivity contribution in [3.63, 3.8) is 0 Å². The van der Waals surface area contributed by atoms with E-state index in [0.717, 1.165) is 11.1 Å². The first-order valence-corrected chi connectivity index (χ1v) is 7.08. The van der Waals surface area contributed by atoms with Crippen molar-refractivity contribution in [1.29, 1.82) is 0 Å². The topological polar surface area (TPSA) is 63.6 Å². The van der Waals surface area contributed by atoms with Crippen molar-refractivity contribution in [1.82, 2.24) is 0 Å². The third kappa shape index (κ3) is 2.94. The largest absolute Gasteiger partial charge is 0.496 e. The first-order chi connectivity index (χ1) is 8.91. The van der Waals surface area contributed by atoms with Gasteiger partial charge >= 0.3 is 0 Å². The fourth-order valence-corrected chi connectivity index (χ4v) is 2.39. The van der Waals surface area contributed by atoms with Crippen LogP contribution in [0.2, 0.25) is 0 Å². The molecule has 0 aliphatic carbocycles. The Balaban J connectivity index is 2.66. The van der Waals surface area contributed by atoms with Crippen molar-refractivity contribution in [2.24, 2.45) is 0 Å². The van der Waals surface area contributed by atoms with Crippen LogP contribution in [0.5, 0.6) is 5.75 Å². The molecule has 5 heteroatoms. The number of ether oxygens (including phenoxy) is 1. The monoisotopic (exact) mass is 278 g/mol. The third-order valence-electron chi connectivity index (χ3n) is 2.80. The van der Waals surface area contributed by atoms with Crippen LogP contribution in [0.15, 0.2) is 47.4 Å². The number of aryl methyl sites for hydroxylation is 1. The minimum absolute atomic E-state index is 0.148. The van der Waals surface area contributed by atoms with Gasteiger partial charge in [0.15, 0.2) is 0 Å². The van der Waals surface area contributed by atoms with Crippen molar-refractivity contribution in [2.75, 3.05) is 7.11 Å². The van der Waals surface area contributed by atoms with E-state index in [-0.39, 0.29) is 4.90 Å². The van der Waals surface area contributed by atoms with Crippen molar-refractivity contribution < 1.29 is 17.7 Å². The van der Waals surface area contributed by atoms with E-state index in [9.17, 15) is 8.42 Å². The first-order valence-electron chi connectivity index (χ1n) is 5.64. The summed E-state index contributed by atoms with van der Waals surface area (Å²) in [5.41, 5.74) is 2.51. The third-order valence-corrected chi connectivity index (χ3v) is 3.65. The molecule has 0 fully saturated rings. The smallest absolute Gasteiger partial charge is 0.294 e. The van der Waals surface area contributed by atoms with Crippen LogP contribution in [0.25, 0.3) is 11.1 Å². The summed E-state index contributed by atoms with van der Waals surface area (Å²) >= 11 is 0. The molecule has 0 spiro atoms. The Bertz CT molecular complexity index is 705. The zero-order valence-electron chi connectivity index (χ0n) is 10.6. The summed E-state index contributed by atoms with van der Waals surface area (Å²) < 4.78 is 36.7. The molecular formula is C14H14O4S. The Morgan fingerprint density at radius 3 is 2.42 bits per heavy atom. The van der Waals surface area contributed by atoms with Crippen LogP contribution >= 0.6 is 0 Å². The van der Waals surface area contributed by atoms with E-state index >= 15 is 0 Å². The summed E-state index contributed by atoms with van der Waals surface area (Å²) in [7, 11) is -2.71.